The maximum absolute atomic E-state index is 12.4. The van der Waals surface area contributed by atoms with Crippen LogP contribution in [0.5, 0.6) is 28.9 Å². The Labute approximate surface area is 189 Å². The minimum atomic E-state index is -0.274. The van der Waals surface area contributed by atoms with E-state index in [1.54, 1.807) is 38.5 Å². The van der Waals surface area contributed by atoms with E-state index < -0.39 is 0 Å². The molecule has 2 N–H and O–H groups in total. The fraction of sp³-hybridized carbons (Fsp3) is 0.227. The molecule has 1 aromatic carbocycles. The third kappa shape index (κ3) is 4.76. The number of amides is 1. The minimum absolute atomic E-state index is 0.00277. The Bertz CT molecular complexity index is 1310. The molecule has 0 aliphatic rings. The van der Waals surface area contributed by atoms with E-state index in [1.807, 2.05) is 6.92 Å². The van der Waals surface area contributed by atoms with Crippen molar-refractivity contribution in [3.8, 4) is 28.9 Å². The molecule has 11 nitrogen and oxygen atoms in total. The van der Waals surface area contributed by atoms with Crippen LogP contribution in [0.1, 0.15) is 11.4 Å². The molecule has 0 spiro atoms. The van der Waals surface area contributed by atoms with E-state index in [9.17, 15) is 4.79 Å². The number of hydrogen-bond donors (Lipinski definition) is 2. The highest BCUT2D eigenvalue weighted by Crippen LogP contribution is 2.36. The first-order valence-electron chi connectivity index (χ1n) is 9.90. The SMILES string of the molecule is COc1cc2ncnc(Oc3cnc(CC(=O)Nc4cc(C)[nH]n4)c(OC)c3)c2cc1OC. The second-order valence-corrected chi connectivity index (χ2v) is 6.99. The van der Waals surface area contributed by atoms with Crippen LogP contribution in [0.2, 0.25) is 0 Å². The number of methoxy groups -OCH3 is 3. The van der Waals surface area contributed by atoms with Gasteiger partial charge in [-0.15, -0.1) is 0 Å². The highest BCUT2D eigenvalue weighted by atomic mass is 16.5. The van der Waals surface area contributed by atoms with Gasteiger partial charge in [0.05, 0.1) is 50.5 Å². The number of carbonyl (C=O) groups excluding carboxylic acids is 1. The third-order valence-corrected chi connectivity index (χ3v) is 4.75. The Morgan fingerprint density at radius 3 is 2.42 bits per heavy atom. The maximum atomic E-state index is 12.4. The predicted molar refractivity (Wildman–Crippen MR) is 119 cm³/mol. The number of carbonyl (C=O) groups is 1. The molecule has 4 aromatic rings. The Morgan fingerprint density at radius 2 is 1.73 bits per heavy atom. The number of pyridine rings is 1. The molecule has 11 heteroatoms. The van der Waals surface area contributed by atoms with Crippen molar-refractivity contribution >= 4 is 22.6 Å². The Kier molecular flexibility index (Phi) is 6.20. The summed E-state index contributed by atoms with van der Waals surface area (Å²) in [5.41, 5.74) is 1.92. The molecule has 0 radical (unpaired) electrons. The molecular weight excluding hydrogens is 428 g/mol. The van der Waals surface area contributed by atoms with Gasteiger partial charge in [-0.2, -0.15) is 5.10 Å². The van der Waals surface area contributed by atoms with Gasteiger partial charge in [0, 0.05) is 23.9 Å². The zero-order valence-corrected chi connectivity index (χ0v) is 18.5. The minimum Gasteiger partial charge on any atom is -0.495 e. The van der Waals surface area contributed by atoms with Gasteiger partial charge in [-0.05, 0) is 13.0 Å². The van der Waals surface area contributed by atoms with Crippen LogP contribution in [0, 0.1) is 6.92 Å². The smallest absolute Gasteiger partial charge is 0.231 e. The quantitative estimate of drug-likeness (QED) is 0.415. The highest BCUT2D eigenvalue weighted by Gasteiger charge is 2.16. The molecule has 0 aliphatic heterocycles. The van der Waals surface area contributed by atoms with Crippen molar-refractivity contribution < 1.29 is 23.7 Å². The largest absolute Gasteiger partial charge is 0.495 e. The topological polar surface area (TPSA) is 133 Å². The number of aryl methyl sites for hydroxylation is 1. The first-order chi connectivity index (χ1) is 16.0. The van der Waals surface area contributed by atoms with Gasteiger partial charge in [-0.3, -0.25) is 14.9 Å². The lowest BCUT2D eigenvalue weighted by atomic mass is 10.2. The number of ether oxygens (including phenoxy) is 4. The summed E-state index contributed by atoms with van der Waals surface area (Å²) >= 11 is 0. The normalized spacial score (nSPS) is 10.7. The fourth-order valence-corrected chi connectivity index (χ4v) is 3.19. The third-order valence-electron chi connectivity index (χ3n) is 4.75. The molecule has 3 heterocycles. The molecule has 0 saturated carbocycles. The van der Waals surface area contributed by atoms with Crippen molar-refractivity contribution in [1.82, 2.24) is 25.1 Å². The van der Waals surface area contributed by atoms with Crippen molar-refractivity contribution in [2.75, 3.05) is 26.6 Å². The van der Waals surface area contributed by atoms with Crippen LogP contribution in [0.25, 0.3) is 10.9 Å². The molecule has 0 unspecified atom stereocenters. The average Bonchev–Trinajstić information content (AvgIpc) is 3.23. The molecule has 0 saturated heterocycles. The fourth-order valence-electron chi connectivity index (χ4n) is 3.19. The number of hydrogen-bond acceptors (Lipinski definition) is 9. The van der Waals surface area contributed by atoms with E-state index in [2.05, 4.69) is 30.5 Å². The van der Waals surface area contributed by atoms with Crippen molar-refractivity contribution in [3.05, 3.63) is 48.2 Å². The monoisotopic (exact) mass is 450 g/mol. The van der Waals surface area contributed by atoms with Gasteiger partial charge >= 0.3 is 0 Å². The molecule has 33 heavy (non-hydrogen) atoms. The van der Waals surface area contributed by atoms with Crippen LogP contribution in [0.15, 0.2) is 36.8 Å². The number of rotatable bonds is 8. The Balaban J connectivity index is 1.56. The number of aromatic amines is 1. The lowest BCUT2D eigenvalue weighted by molar-refractivity contribution is -0.115. The molecule has 1 amide bonds. The lowest BCUT2D eigenvalue weighted by Crippen LogP contribution is -2.16. The van der Waals surface area contributed by atoms with Gasteiger partial charge in [0.2, 0.25) is 11.8 Å². The van der Waals surface area contributed by atoms with Gasteiger partial charge in [0.25, 0.3) is 0 Å². The molecule has 0 atom stereocenters. The standard InChI is InChI=1S/C22H22N6O5/c1-12-5-20(28-27-12)26-21(29)9-16-17(30-2)6-13(10-23-16)33-22-14-7-18(31-3)19(32-4)8-15(14)24-11-25-22/h5-8,10-11H,9H2,1-4H3,(H2,26,27,28,29). The summed E-state index contributed by atoms with van der Waals surface area (Å²) in [5, 5.41) is 10.1. The molecule has 4 rings (SSSR count). The van der Waals surface area contributed by atoms with Crippen molar-refractivity contribution in [2.45, 2.75) is 13.3 Å². The molecule has 0 aliphatic carbocycles. The second kappa shape index (κ2) is 9.39. The summed E-state index contributed by atoms with van der Waals surface area (Å²) < 4.78 is 22.1. The van der Waals surface area contributed by atoms with Gasteiger partial charge in [0.1, 0.15) is 12.1 Å². The first kappa shape index (κ1) is 21.8. The number of anilines is 1. The number of aromatic nitrogens is 5. The Morgan fingerprint density at radius 1 is 0.970 bits per heavy atom. The second-order valence-electron chi connectivity index (χ2n) is 6.99. The predicted octanol–water partition coefficient (Wildman–Crippen LogP) is 3.06. The maximum Gasteiger partial charge on any atom is 0.231 e. The van der Waals surface area contributed by atoms with Crippen LogP contribution in [0.3, 0.4) is 0 Å². The number of H-pyrrole nitrogens is 1. The van der Waals surface area contributed by atoms with Crippen LogP contribution in [0.4, 0.5) is 5.82 Å². The number of fused-ring (bicyclic) bond motifs is 1. The zero-order valence-electron chi connectivity index (χ0n) is 18.5. The summed E-state index contributed by atoms with van der Waals surface area (Å²) in [4.78, 5) is 25.2. The van der Waals surface area contributed by atoms with Crippen molar-refractivity contribution in [3.63, 3.8) is 0 Å². The van der Waals surface area contributed by atoms with Crippen LogP contribution < -0.4 is 24.3 Å². The summed E-state index contributed by atoms with van der Waals surface area (Å²) in [7, 11) is 4.60. The van der Waals surface area contributed by atoms with E-state index >= 15 is 0 Å². The molecule has 0 bridgehead atoms. The number of nitrogens with zero attached hydrogens (tertiary/aromatic N) is 4. The molecule has 170 valence electrons. The molecule has 3 aromatic heterocycles. The summed E-state index contributed by atoms with van der Waals surface area (Å²) in [5.74, 6) is 2.33. The van der Waals surface area contributed by atoms with Gasteiger partial charge < -0.3 is 24.3 Å². The lowest BCUT2D eigenvalue weighted by Gasteiger charge is -2.13. The molecule has 0 fully saturated rings. The van der Waals surface area contributed by atoms with Crippen LogP contribution in [-0.4, -0.2) is 52.4 Å². The average molecular weight is 450 g/mol. The van der Waals surface area contributed by atoms with E-state index in [-0.39, 0.29) is 12.3 Å². The summed E-state index contributed by atoms with van der Waals surface area (Å²) in [6.07, 6.45) is 2.89. The zero-order chi connectivity index (χ0) is 23.4. The highest BCUT2D eigenvalue weighted by molar-refractivity contribution is 5.91. The van der Waals surface area contributed by atoms with Crippen molar-refractivity contribution in [1.29, 1.82) is 0 Å². The van der Waals surface area contributed by atoms with E-state index in [4.69, 9.17) is 18.9 Å². The Hall–Kier alpha value is -4.41. The van der Waals surface area contributed by atoms with Crippen LogP contribution in [-0.2, 0) is 11.2 Å². The van der Waals surface area contributed by atoms with Crippen molar-refractivity contribution in [2.24, 2.45) is 0 Å². The van der Waals surface area contributed by atoms with E-state index in [1.165, 1.54) is 19.6 Å². The van der Waals surface area contributed by atoms with E-state index in [0.717, 1.165) is 5.69 Å². The van der Waals surface area contributed by atoms with E-state index in [0.29, 0.717) is 51.3 Å². The van der Waals surface area contributed by atoms with Gasteiger partial charge in [-0.25, -0.2) is 9.97 Å². The summed E-state index contributed by atoms with van der Waals surface area (Å²) in [6, 6.07) is 6.85. The van der Waals surface area contributed by atoms with Crippen LogP contribution >= 0.6 is 0 Å². The van der Waals surface area contributed by atoms with Gasteiger partial charge in [0.15, 0.2) is 23.1 Å². The molecular formula is C22H22N6O5. The first-order valence-corrected chi connectivity index (χ1v) is 9.90. The van der Waals surface area contributed by atoms with Gasteiger partial charge in [-0.1, -0.05) is 0 Å². The number of benzene rings is 1. The summed E-state index contributed by atoms with van der Waals surface area (Å²) in [6.45, 7) is 1.85. The number of nitrogens with one attached hydrogen (secondary N) is 2.